The van der Waals surface area contributed by atoms with Gasteiger partial charge in [-0.2, -0.15) is 0 Å². The van der Waals surface area contributed by atoms with Crippen molar-refractivity contribution in [1.29, 1.82) is 0 Å². The Hall–Kier alpha value is -2.86. The van der Waals surface area contributed by atoms with Gasteiger partial charge < -0.3 is 15.0 Å². The van der Waals surface area contributed by atoms with Crippen LogP contribution in [0.5, 0.6) is 5.75 Å². The Bertz CT molecular complexity index is 1040. The molecule has 6 heteroatoms. The highest BCUT2D eigenvalue weighted by Gasteiger charge is 2.22. The largest absolute Gasteiger partial charge is 0.488 e. The summed E-state index contributed by atoms with van der Waals surface area (Å²) in [5, 5.41) is 3.03. The highest BCUT2D eigenvalue weighted by molar-refractivity contribution is 7.17. The van der Waals surface area contributed by atoms with Crippen LogP contribution in [0.25, 0.3) is 10.4 Å². The van der Waals surface area contributed by atoms with Crippen LogP contribution in [0.4, 0.5) is 5.82 Å². The number of nitrogens with one attached hydrogen (secondary N) is 1. The van der Waals surface area contributed by atoms with Crippen molar-refractivity contribution in [1.82, 2.24) is 10.3 Å². The van der Waals surface area contributed by atoms with Crippen molar-refractivity contribution in [2.24, 2.45) is 0 Å². The number of amides is 1. The number of thiophene rings is 1. The van der Waals surface area contributed by atoms with Crippen LogP contribution in [0.2, 0.25) is 0 Å². The number of fused-ring (bicyclic) bond motifs is 3. The molecule has 0 unspecified atom stereocenters. The minimum Gasteiger partial charge on any atom is -0.488 e. The third-order valence-electron chi connectivity index (χ3n) is 5.74. The summed E-state index contributed by atoms with van der Waals surface area (Å²) < 4.78 is 5.80. The minimum absolute atomic E-state index is 0.0523. The van der Waals surface area contributed by atoms with Crippen LogP contribution in [0.3, 0.4) is 0 Å². The molecule has 2 aliphatic rings. The molecule has 0 aliphatic carbocycles. The van der Waals surface area contributed by atoms with Crippen molar-refractivity contribution in [3.05, 3.63) is 64.7 Å². The second kappa shape index (κ2) is 8.48. The molecule has 5 nitrogen and oxygen atoms in total. The van der Waals surface area contributed by atoms with Crippen LogP contribution in [-0.2, 0) is 13.2 Å². The number of nitrogens with zero attached hydrogens (tertiary/aromatic N) is 2. The zero-order chi connectivity index (χ0) is 20.3. The molecule has 0 atom stereocenters. The van der Waals surface area contributed by atoms with Gasteiger partial charge in [-0.1, -0.05) is 31.0 Å². The predicted molar refractivity (Wildman–Crippen MR) is 120 cm³/mol. The molecule has 1 aromatic carbocycles. The molecule has 1 saturated heterocycles. The molecular weight excluding hydrogens is 394 g/mol. The molecule has 2 aromatic heterocycles. The fraction of sp³-hybridized carbons (Fsp3) is 0.333. The summed E-state index contributed by atoms with van der Waals surface area (Å²) >= 11 is 1.53. The van der Waals surface area contributed by atoms with E-state index in [-0.39, 0.29) is 5.91 Å². The van der Waals surface area contributed by atoms with Crippen LogP contribution >= 0.6 is 11.3 Å². The zero-order valence-corrected chi connectivity index (χ0v) is 17.7. The molecule has 30 heavy (non-hydrogen) atoms. The summed E-state index contributed by atoms with van der Waals surface area (Å²) in [7, 11) is 0. The summed E-state index contributed by atoms with van der Waals surface area (Å²) in [6, 6.07) is 14.1. The summed E-state index contributed by atoms with van der Waals surface area (Å²) in [4.78, 5) is 21.6. The number of rotatable bonds is 4. The Kier molecular flexibility index (Phi) is 5.41. The smallest absolute Gasteiger partial charge is 0.261 e. The Morgan fingerprint density at radius 3 is 2.73 bits per heavy atom. The maximum Gasteiger partial charge on any atom is 0.261 e. The van der Waals surface area contributed by atoms with E-state index in [2.05, 4.69) is 27.3 Å². The van der Waals surface area contributed by atoms with Gasteiger partial charge in [-0.3, -0.25) is 4.79 Å². The second-order valence-electron chi connectivity index (χ2n) is 7.86. The van der Waals surface area contributed by atoms with Gasteiger partial charge in [0.15, 0.2) is 0 Å². The van der Waals surface area contributed by atoms with Crippen molar-refractivity contribution >= 4 is 23.1 Å². The Morgan fingerprint density at radius 1 is 1.10 bits per heavy atom. The first kappa shape index (κ1) is 19.1. The number of benzene rings is 1. The van der Waals surface area contributed by atoms with Gasteiger partial charge in [0.1, 0.15) is 18.2 Å². The monoisotopic (exact) mass is 419 g/mol. The SMILES string of the molecule is O=C(NCc1ccc(N2CCCCCC2)nc1)c1cc2c(s1)-c1ccccc1OC2. The number of anilines is 1. The van der Waals surface area contributed by atoms with E-state index in [4.69, 9.17) is 4.74 Å². The molecule has 1 fully saturated rings. The minimum atomic E-state index is -0.0523. The van der Waals surface area contributed by atoms with Crippen molar-refractivity contribution < 1.29 is 9.53 Å². The number of carbonyl (C=O) groups is 1. The average Bonchev–Trinajstić information content (AvgIpc) is 3.06. The molecule has 0 radical (unpaired) electrons. The molecule has 5 rings (SSSR count). The van der Waals surface area contributed by atoms with E-state index in [0.717, 1.165) is 51.1 Å². The lowest BCUT2D eigenvalue weighted by molar-refractivity contribution is 0.0955. The van der Waals surface area contributed by atoms with Crippen LogP contribution in [0, 0.1) is 0 Å². The highest BCUT2D eigenvalue weighted by Crippen LogP contribution is 2.42. The van der Waals surface area contributed by atoms with Crippen LogP contribution in [-0.4, -0.2) is 24.0 Å². The summed E-state index contributed by atoms with van der Waals surface area (Å²) in [6.45, 7) is 3.15. The van der Waals surface area contributed by atoms with E-state index < -0.39 is 0 Å². The maximum absolute atomic E-state index is 12.7. The molecule has 2 aliphatic heterocycles. The number of hydrogen-bond donors (Lipinski definition) is 1. The van der Waals surface area contributed by atoms with Crippen molar-refractivity contribution in [2.75, 3.05) is 18.0 Å². The average molecular weight is 420 g/mol. The standard InChI is InChI=1S/C24H25N3O2S/c28-24(21-13-18-16-29-20-8-4-3-7-19(20)23(18)30-21)26-15-17-9-10-22(25-14-17)27-11-5-1-2-6-12-27/h3-4,7-10,13-14H,1-2,5-6,11-12,15-16H2,(H,26,28). The lowest BCUT2D eigenvalue weighted by atomic mass is 10.1. The third kappa shape index (κ3) is 3.92. The molecule has 0 bridgehead atoms. The van der Waals surface area contributed by atoms with E-state index in [1.165, 1.54) is 37.0 Å². The first-order chi connectivity index (χ1) is 14.8. The molecular formula is C24H25N3O2S. The van der Waals surface area contributed by atoms with E-state index in [1.54, 1.807) is 0 Å². The van der Waals surface area contributed by atoms with Crippen LogP contribution in [0.15, 0.2) is 48.7 Å². The van der Waals surface area contributed by atoms with Gasteiger partial charge >= 0.3 is 0 Å². The first-order valence-corrected chi connectivity index (χ1v) is 11.4. The third-order valence-corrected chi connectivity index (χ3v) is 6.95. The van der Waals surface area contributed by atoms with Crippen molar-refractivity contribution in [3.63, 3.8) is 0 Å². The molecule has 3 aromatic rings. The Balaban J connectivity index is 1.23. The Morgan fingerprint density at radius 2 is 1.93 bits per heavy atom. The van der Waals surface area contributed by atoms with Gasteiger partial charge in [-0.05, 0) is 42.7 Å². The molecule has 154 valence electrons. The molecule has 0 spiro atoms. The van der Waals surface area contributed by atoms with E-state index in [0.29, 0.717) is 13.2 Å². The second-order valence-corrected chi connectivity index (χ2v) is 8.91. The number of carbonyl (C=O) groups excluding carboxylic acids is 1. The fourth-order valence-corrected chi connectivity index (χ4v) is 5.20. The van der Waals surface area contributed by atoms with Gasteiger partial charge in [0, 0.05) is 41.8 Å². The van der Waals surface area contributed by atoms with Gasteiger partial charge in [0.05, 0.1) is 4.88 Å². The summed E-state index contributed by atoms with van der Waals surface area (Å²) in [5.74, 6) is 1.87. The van der Waals surface area contributed by atoms with Crippen LogP contribution in [0.1, 0.15) is 46.5 Å². The van der Waals surface area contributed by atoms with E-state index >= 15 is 0 Å². The van der Waals surface area contributed by atoms with Gasteiger partial charge in [0.2, 0.25) is 0 Å². The number of pyridine rings is 1. The number of aromatic nitrogens is 1. The molecule has 4 heterocycles. The maximum atomic E-state index is 12.7. The van der Waals surface area contributed by atoms with Crippen LogP contribution < -0.4 is 15.0 Å². The molecule has 0 saturated carbocycles. The molecule has 1 amide bonds. The number of ether oxygens (including phenoxy) is 1. The van der Waals surface area contributed by atoms with E-state index in [1.807, 2.05) is 36.5 Å². The quantitative estimate of drug-likeness (QED) is 0.646. The van der Waals surface area contributed by atoms with Gasteiger partial charge in [0.25, 0.3) is 5.91 Å². The van der Waals surface area contributed by atoms with Gasteiger partial charge in [-0.15, -0.1) is 11.3 Å². The lowest BCUT2D eigenvalue weighted by Gasteiger charge is -2.21. The topological polar surface area (TPSA) is 54.5 Å². The lowest BCUT2D eigenvalue weighted by Crippen LogP contribution is -2.25. The number of para-hydroxylation sites is 1. The fourth-order valence-electron chi connectivity index (χ4n) is 4.09. The highest BCUT2D eigenvalue weighted by atomic mass is 32.1. The van der Waals surface area contributed by atoms with Crippen molar-refractivity contribution in [3.8, 4) is 16.2 Å². The summed E-state index contributed by atoms with van der Waals surface area (Å²) in [6.07, 6.45) is 6.97. The summed E-state index contributed by atoms with van der Waals surface area (Å²) in [5.41, 5.74) is 3.15. The predicted octanol–water partition coefficient (Wildman–Crippen LogP) is 5.01. The molecule has 1 N–H and O–H groups in total. The first-order valence-electron chi connectivity index (χ1n) is 10.6. The number of hydrogen-bond acceptors (Lipinski definition) is 5. The van der Waals surface area contributed by atoms with Crippen molar-refractivity contribution in [2.45, 2.75) is 38.8 Å². The Labute approximate surface area is 180 Å². The van der Waals surface area contributed by atoms with Gasteiger partial charge in [-0.25, -0.2) is 4.98 Å². The zero-order valence-electron chi connectivity index (χ0n) is 16.9. The normalized spacial score (nSPS) is 15.5. The van der Waals surface area contributed by atoms with E-state index in [9.17, 15) is 4.79 Å².